The Bertz CT molecular complexity index is 896. The summed E-state index contributed by atoms with van der Waals surface area (Å²) in [6.45, 7) is 4.55. The van der Waals surface area contributed by atoms with Gasteiger partial charge in [-0.25, -0.2) is 0 Å². The molecule has 3 aromatic rings. The van der Waals surface area contributed by atoms with E-state index in [0.717, 1.165) is 16.9 Å². The number of carbonyl (C=O) groups is 2. The second kappa shape index (κ2) is 8.01. The van der Waals surface area contributed by atoms with Crippen LogP contribution in [-0.2, 0) is 13.0 Å². The minimum atomic E-state index is -0.296. The molecule has 0 aliphatic carbocycles. The molecule has 0 bridgehead atoms. The highest BCUT2D eigenvalue weighted by Crippen LogP contribution is 2.22. The van der Waals surface area contributed by atoms with E-state index in [0.29, 0.717) is 12.2 Å². The Morgan fingerprint density at radius 2 is 1.88 bits per heavy atom. The van der Waals surface area contributed by atoms with E-state index in [4.69, 9.17) is 4.42 Å². The number of benzene rings is 1. The van der Waals surface area contributed by atoms with Gasteiger partial charge in [-0.3, -0.25) is 9.59 Å². The van der Waals surface area contributed by atoms with E-state index in [1.807, 2.05) is 25.1 Å². The summed E-state index contributed by atoms with van der Waals surface area (Å²) >= 11 is 1.54. The van der Waals surface area contributed by atoms with Crippen LogP contribution in [0.4, 0.5) is 5.69 Å². The molecule has 2 heterocycles. The SMILES string of the molecule is CCc1sc(C(=O)NCc2ccc(NC(=O)c3ccco3)cc2)cc1C. The second-order valence-corrected chi connectivity index (χ2v) is 7.02. The van der Waals surface area contributed by atoms with Crippen molar-refractivity contribution in [1.82, 2.24) is 5.32 Å². The highest BCUT2D eigenvalue weighted by molar-refractivity contribution is 7.14. The summed E-state index contributed by atoms with van der Waals surface area (Å²) in [6.07, 6.45) is 2.40. The monoisotopic (exact) mass is 368 g/mol. The highest BCUT2D eigenvalue weighted by Gasteiger charge is 2.12. The number of anilines is 1. The lowest BCUT2D eigenvalue weighted by Gasteiger charge is -2.06. The van der Waals surface area contributed by atoms with Crippen LogP contribution in [0.2, 0.25) is 0 Å². The first-order chi connectivity index (χ1) is 12.6. The normalized spacial score (nSPS) is 10.5. The third-order valence-corrected chi connectivity index (χ3v) is 5.36. The van der Waals surface area contributed by atoms with Crippen molar-refractivity contribution in [2.24, 2.45) is 0 Å². The fourth-order valence-corrected chi connectivity index (χ4v) is 3.59. The Morgan fingerprint density at radius 1 is 1.12 bits per heavy atom. The van der Waals surface area contributed by atoms with Crippen LogP contribution in [0.15, 0.2) is 53.1 Å². The van der Waals surface area contributed by atoms with Crippen LogP contribution < -0.4 is 10.6 Å². The minimum absolute atomic E-state index is 0.0620. The van der Waals surface area contributed by atoms with Crippen LogP contribution in [0.5, 0.6) is 0 Å². The van der Waals surface area contributed by atoms with Gasteiger partial charge in [0.05, 0.1) is 11.1 Å². The lowest BCUT2D eigenvalue weighted by Crippen LogP contribution is -2.21. The number of amides is 2. The van der Waals surface area contributed by atoms with E-state index >= 15 is 0 Å². The lowest BCUT2D eigenvalue weighted by molar-refractivity contribution is 0.0953. The van der Waals surface area contributed by atoms with Gasteiger partial charge >= 0.3 is 0 Å². The first-order valence-electron chi connectivity index (χ1n) is 8.38. The molecule has 3 rings (SSSR count). The van der Waals surface area contributed by atoms with E-state index in [-0.39, 0.29) is 17.6 Å². The van der Waals surface area contributed by atoms with E-state index in [1.165, 1.54) is 16.7 Å². The zero-order valence-corrected chi connectivity index (χ0v) is 15.5. The van der Waals surface area contributed by atoms with Crippen molar-refractivity contribution in [1.29, 1.82) is 0 Å². The van der Waals surface area contributed by atoms with Gasteiger partial charge in [-0.1, -0.05) is 19.1 Å². The van der Waals surface area contributed by atoms with Crippen molar-refractivity contribution in [3.05, 3.63) is 75.4 Å². The van der Waals surface area contributed by atoms with Crippen molar-refractivity contribution in [2.75, 3.05) is 5.32 Å². The molecule has 0 fully saturated rings. The van der Waals surface area contributed by atoms with Crippen LogP contribution in [0, 0.1) is 6.92 Å². The quantitative estimate of drug-likeness (QED) is 0.678. The zero-order chi connectivity index (χ0) is 18.5. The van der Waals surface area contributed by atoms with Crippen LogP contribution in [0.3, 0.4) is 0 Å². The summed E-state index contributed by atoms with van der Waals surface area (Å²) in [4.78, 5) is 26.2. The highest BCUT2D eigenvalue weighted by atomic mass is 32.1. The predicted octanol–water partition coefficient (Wildman–Crippen LogP) is 4.39. The minimum Gasteiger partial charge on any atom is -0.459 e. The van der Waals surface area contributed by atoms with Gasteiger partial charge in [0, 0.05) is 17.1 Å². The first kappa shape index (κ1) is 17.9. The molecule has 0 unspecified atom stereocenters. The van der Waals surface area contributed by atoms with Gasteiger partial charge in [0.25, 0.3) is 11.8 Å². The van der Waals surface area contributed by atoms with Gasteiger partial charge < -0.3 is 15.1 Å². The maximum Gasteiger partial charge on any atom is 0.291 e. The summed E-state index contributed by atoms with van der Waals surface area (Å²) in [5.74, 6) is -0.0946. The van der Waals surface area contributed by atoms with Crippen LogP contribution >= 0.6 is 11.3 Å². The molecule has 0 atom stereocenters. The van der Waals surface area contributed by atoms with E-state index in [9.17, 15) is 9.59 Å². The molecule has 0 aliphatic heterocycles. The maximum absolute atomic E-state index is 12.3. The molecule has 0 saturated carbocycles. The fraction of sp³-hybridized carbons (Fsp3) is 0.200. The molecular formula is C20H20N2O3S. The zero-order valence-electron chi connectivity index (χ0n) is 14.7. The predicted molar refractivity (Wildman–Crippen MR) is 103 cm³/mol. The number of hydrogen-bond acceptors (Lipinski definition) is 4. The molecule has 134 valence electrons. The Balaban J connectivity index is 1.55. The number of hydrogen-bond donors (Lipinski definition) is 2. The number of thiophene rings is 1. The summed E-state index contributed by atoms with van der Waals surface area (Å²) < 4.78 is 5.06. The molecule has 2 aromatic heterocycles. The summed E-state index contributed by atoms with van der Waals surface area (Å²) in [6, 6.07) is 12.5. The Morgan fingerprint density at radius 3 is 2.50 bits per heavy atom. The molecule has 2 N–H and O–H groups in total. The number of rotatable bonds is 6. The number of nitrogens with one attached hydrogen (secondary N) is 2. The van der Waals surface area contributed by atoms with Crippen molar-refractivity contribution in [3.63, 3.8) is 0 Å². The van der Waals surface area contributed by atoms with Gasteiger partial charge in [-0.05, 0) is 54.8 Å². The van der Waals surface area contributed by atoms with E-state index < -0.39 is 0 Å². The van der Waals surface area contributed by atoms with Crippen molar-refractivity contribution in [3.8, 4) is 0 Å². The molecule has 0 saturated heterocycles. The molecule has 6 heteroatoms. The fourth-order valence-electron chi connectivity index (χ4n) is 2.56. The largest absolute Gasteiger partial charge is 0.459 e. The average molecular weight is 368 g/mol. The molecule has 0 aliphatic rings. The Kier molecular flexibility index (Phi) is 5.53. The van der Waals surface area contributed by atoms with E-state index in [2.05, 4.69) is 17.6 Å². The van der Waals surface area contributed by atoms with Gasteiger partial charge in [-0.2, -0.15) is 0 Å². The van der Waals surface area contributed by atoms with Crippen molar-refractivity contribution >= 4 is 28.8 Å². The standard InChI is InChI=1S/C20H20N2O3S/c1-3-17-13(2)11-18(26-17)20(24)21-12-14-6-8-15(9-7-14)22-19(23)16-5-4-10-25-16/h4-11H,3,12H2,1-2H3,(H,21,24)(H,22,23). The third-order valence-electron chi connectivity index (χ3n) is 3.98. The average Bonchev–Trinajstić information content (AvgIpc) is 3.30. The van der Waals surface area contributed by atoms with Crippen LogP contribution in [-0.4, -0.2) is 11.8 Å². The van der Waals surface area contributed by atoms with Crippen LogP contribution in [0.25, 0.3) is 0 Å². The van der Waals surface area contributed by atoms with Gasteiger partial charge in [0.1, 0.15) is 0 Å². The molecular weight excluding hydrogens is 348 g/mol. The van der Waals surface area contributed by atoms with Crippen LogP contribution in [0.1, 0.15) is 43.2 Å². The Labute approximate surface area is 156 Å². The third kappa shape index (κ3) is 4.21. The summed E-state index contributed by atoms with van der Waals surface area (Å²) in [5, 5.41) is 5.69. The topological polar surface area (TPSA) is 71.3 Å². The molecule has 26 heavy (non-hydrogen) atoms. The number of aryl methyl sites for hydroxylation is 2. The van der Waals surface area contributed by atoms with Gasteiger partial charge in [0.15, 0.2) is 5.76 Å². The number of carbonyl (C=O) groups excluding carboxylic acids is 2. The van der Waals surface area contributed by atoms with E-state index in [1.54, 1.807) is 35.6 Å². The van der Waals surface area contributed by atoms with Gasteiger partial charge in [-0.15, -0.1) is 11.3 Å². The molecule has 1 aromatic carbocycles. The number of furan rings is 1. The first-order valence-corrected chi connectivity index (χ1v) is 9.19. The lowest BCUT2D eigenvalue weighted by atomic mass is 10.2. The molecule has 2 amide bonds. The van der Waals surface area contributed by atoms with Crippen molar-refractivity contribution in [2.45, 2.75) is 26.8 Å². The molecule has 5 nitrogen and oxygen atoms in total. The summed E-state index contributed by atoms with van der Waals surface area (Å²) in [5.41, 5.74) is 2.79. The van der Waals surface area contributed by atoms with Crippen molar-refractivity contribution < 1.29 is 14.0 Å². The maximum atomic E-state index is 12.3. The molecule has 0 radical (unpaired) electrons. The van der Waals surface area contributed by atoms with Gasteiger partial charge in [0.2, 0.25) is 0 Å². The molecule has 0 spiro atoms. The summed E-state index contributed by atoms with van der Waals surface area (Å²) in [7, 11) is 0. The Hall–Kier alpha value is -2.86. The smallest absolute Gasteiger partial charge is 0.291 e. The second-order valence-electron chi connectivity index (χ2n) is 5.88.